The highest BCUT2D eigenvalue weighted by Crippen LogP contribution is 2.39. The largest absolute Gasteiger partial charge is 0.494 e. The second-order valence-electron chi connectivity index (χ2n) is 8.37. The fraction of sp³-hybridized carbons (Fsp3) is 0.458. The first-order chi connectivity index (χ1) is 13.3. The van der Waals surface area contributed by atoms with E-state index in [0.29, 0.717) is 6.61 Å². The lowest BCUT2D eigenvalue weighted by molar-refractivity contribution is 0.00121. The second-order valence-corrected chi connectivity index (χ2v) is 8.37. The summed E-state index contributed by atoms with van der Waals surface area (Å²) in [5.74, 6) is 0.861. The average molecular weight is 382 g/mol. The van der Waals surface area contributed by atoms with Crippen molar-refractivity contribution in [3.63, 3.8) is 0 Å². The molecule has 0 unspecified atom stereocenters. The van der Waals surface area contributed by atoms with E-state index in [2.05, 4.69) is 49.3 Å². The summed E-state index contributed by atoms with van der Waals surface area (Å²) < 4.78 is 11.6. The van der Waals surface area contributed by atoms with Crippen molar-refractivity contribution in [3.8, 4) is 16.9 Å². The van der Waals surface area contributed by atoms with Crippen molar-refractivity contribution in [2.45, 2.75) is 59.2 Å². The Kier molecular flexibility index (Phi) is 6.40. The molecule has 150 valence electrons. The van der Waals surface area contributed by atoms with Crippen LogP contribution in [0.2, 0.25) is 0 Å². The fourth-order valence-electron chi connectivity index (χ4n) is 3.11. The number of fused-ring (bicyclic) bond motifs is 3. The van der Waals surface area contributed by atoms with E-state index in [0.717, 1.165) is 42.0 Å². The lowest BCUT2D eigenvalue weighted by Crippen LogP contribution is -2.17. The maximum Gasteiger partial charge on any atom is 0.129 e. The van der Waals surface area contributed by atoms with Crippen LogP contribution in [0.4, 0.5) is 0 Å². The second kappa shape index (κ2) is 8.78. The highest BCUT2D eigenvalue weighted by molar-refractivity contribution is 6.24. The van der Waals surface area contributed by atoms with Crippen molar-refractivity contribution in [1.29, 1.82) is 0 Å². The van der Waals surface area contributed by atoms with Crippen molar-refractivity contribution < 1.29 is 14.3 Å². The van der Waals surface area contributed by atoms with Gasteiger partial charge in [-0.15, -0.1) is 0 Å². The van der Waals surface area contributed by atoms with Crippen LogP contribution in [-0.2, 0) is 9.57 Å². The summed E-state index contributed by atoms with van der Waals surface area (Å²) in [5, 5.41) is 4.50. The molecule has 0 bridgehead atoms. The summed E-state index contributed by atoms with van der Waals surface area (Å²) in [6, 6.07) is 14.5. The number of benzene rings is 2. The minimum absolute atomic E-state index is 0.285. The van der Waals surface area contributed by atoms with Crippen molar-refractivity contribution in [2.24, 2.45) is 5.16 Å². The van der Waals surface area contributed by atoms with Crippen molar-refractivity contribution in [3.05, 3.63) is 53.6 Å². The molecule has 0 spiro atoms. The standard InChI is InChI=1S/C24H31NO3/c1-17(2)26-14-8-9-15-27-18-12-13-20-19-10-6-7-11-21(19)23(22(20)16-18)25-28-24(3,4)5/h6-7,10-13,16-17H,8-9,14-15H2,1-5H3/b25-23+. The average Bonchev–Trinajstić information content (AvgIpc) is 2.95. The molecule has 1 aliphatic rings. The monoisotopic (exact) mass is 381 g/mol. The van der Waals surface area contributed by atoms with Crippen LogP contribution in [0, 0.1) is 0 Å². The first kappa shape index (κ1) is 20.4. The van der Waals surface area contributed by atoms with Crippen molar-refractivity contribution >= 4 is 5.71 Å². The van der Waals surface area contributed by atoms with Crippen LogP contribution in [-0.4, -0.2) is 30.6 Å². The number of hydrogen-bond acceptors (Lipinski definition) is 4. The van der Waals surface area contributed by atoms with Crippen molar-refractivity contribution in [1.82, 2.24) is 0 Å². The molecule has 2 aromatic carbocycles. The van der Waals surface area contributed by atoms with E-state index in [4.69, 9.17) is 14.3 Å². The topological polar surface area (TPSA) is 40.0 Å². The highest BCUT2D eigenvalue weighted by atomic mass is 16.6. The minimum Gasteiger partial charge on any atom is -0.494 e. The molecule has 0 radical (unpaired) electrons. The van der Waals surface area contributed by atoms with Gasteiger partial charge in [-0.05, 0) is 76.8 Å². The highest BCUT2D eigenvalue weighted by Gasteiger charge is 2.26. The number of unbranched alkanes of at least 4 members (excludes halogenated alkanes) is 1. The molecular formula is C24H31NO3. The number of nitrogens with zero attached hydrogens (tertiary/aromatic N) is 1. The van der Waals surface area contributed by atoms with Gasteiger partial charge in [-0.3, -0.25) is 0 Å². The molecule has 0 saturated heterocycles. The molecule has 0 amide bonds. The Labute approximate surface area is 168 Å². The van der Waals surface area contributed by atoms with Crippen LogP contribution in [0.3, 0.4) is 0 Å². The van der Waals surface area contributed by atoms with Gasteiger partial charge in [0.25, 0.3) is 0 Å². The van der Waals surface area contributed by atoms with Gasteiger partial charge in [0, 0.05) is 17.7 Å². The number of rotatable bonds is 8. The summed E-state index contributed by atoms with van der Waals surface area (Å²) in [6.07, 6.45) is 2.26. The zero-order valence-electron chi connectivity index (χ0n) is 17.6. The molecule has 0 atom stereocenters. The smallest absolute Gasteiger partial charge is 0.129 e. The fourth-order valence-corrected chi connectivity index (χ4v) is 3.11. The third kappa shape index (κ3) is 5.14. The quantitative estimate of drug-likeness (QED) is 0.365. The van der Waals surface area contributed by atoms with E-state index in [-0.39, 0.29) is 11.7 Å². The third-order valence-corrected chi connectivity index (χ3v) is 4.39. The summed E-state index contributed by atoms with van der Waals surface area (Å²) in [5.41, 5.74) is 5.06. The predicted octanol–water partition coefficient (Wildman–Crippen LogP) is 5.82. The van der Waals surface area contributed by atoms with Crippen molar-refractivity contribution in [2.75, 3.05) is 13.2 Å². The maximum absolute atomic E-state index is 5.98. The van der Waals surface area contributed by atoms with Crippen LogP contribution in [0.15, 0.2) is 47.6 Å². The zero-order valence-corrected chi connectivity index (χ0v) is 17.6. The molecule has 0 heterocycles. The number of oxime groups is 1. The Morgan fingerprint density at radius 1 is 0.857 bits per heavy atom. The van der Waals surface area contributed by atoms with Crippen LogP contribution in [0.25, 0.3) is 11.1 Å². The van der Waals surface area contributed by atoms with Gasteiger partial charge in [-0.2, -0.15) is 0 Å². The molecule has 0 aromatic heterocycles. The summed E-state index contributed by atoms with van der Waals surface area (Å²) >= 11 is 0. The third-order valence-electron chi connectivity index (χ3n) is 4.39. The summed E-state index contributed by atoms with van der Waals surface area (Å²) in [4.78, 5) is 5.74. The molecule has 1 aliphatic carbocycles. The van der Waals surface area contributed by atoms with Crippen LogP contribution in [0.1, 0.15) is 58.6 Å². The molecule has 4 nitrogen and oxygen atoms in total. The maximum atomic E-state index is 5.98. The normalized spacial score (nSPS) is 14.3. The molecule has 4 heteroatoms. The molecule has 0 aliphatic heterocycles. The summed E-state index contributed by atoms with van der Waals surface area (Å²) in [6.45, 7) is 11.6. The minimum atomic E-state index is -0.336. The molecule has 0 N–H and O–H groups in total. The molecule has 28 heavy (non-hydrogen) atoms. The van der Waals surface area contributed by atoms with E-state index in [9.17, 15) is 0 Å². The Bertz CT molecular complexity index is 834. The molecule has 3 rings (SSSR count). The van der Waals surface area contributed by atoms with Gasteiger partial charge < -0.3 is 14.3 Å². The van der Waals surface area contributed by atoms with E-state index < -0.39 is 0 Å². The van der Waals surface area contributed by atoms with Crippen LogP contribution in [0.5, 0.6) is 5.75 Å². The molecular weight excluding hydrogens is 350 g/mol. The summed E-state index contributed by atoms with van der Waals surface area (Å²) in [7, 11) is 0. The van der Waals surface area contributed by atoms with Gasteiger partial charge >= 0.3 is 0 Å². The zero-order chi connectivity index (χ0) is 20.1. The predicted molar refractivity (Wildman–Crippen MR) is 114 cm³/mol. The number of hydrogen-bond donors (Lipinski definition) is 0. The van der Waals surface area contributed by atoms with Gasteiger partial charge in [-0.25, -0.2) is 0 Å². The van der Waals surface area contributed by atoms with E-state index in [1.54, 1.807) is 0 Å². The Morgan fingerprint density at radius 3 is 2.25 bits per heavy atom. The van der Waals surface area contributed by atoms with Gasteiger partial charge in [0.15, 0.2) is 0 Å². The van der Waals surface area contributed by atoms with E-state index >= 15 is 0 Å². The first-order valence-electron chi connectivity index (χ1n) is 10.1. The first-order valence-corrected chi connectivity index (χ1v) is 10.1. The van der Waals surface area contributed by atoms with Gasteiger partial charge in [0.2, 0.25) is 0 Å². The lowest BCUT2D eigenvalue weighted by Gasteiger charge is -2.16. The number of ether oxygens (including phenoxy) is 2. The van der Waals surface area contributed by atoms with E-state index in [1.165, 1.54) is 11.1 Å². The van der Waals surface area contributed by atoms with Crippen LogP contribution < -0.4 is 4.74 Å². The lowest BCUT2D eigenvalue weighted by atomic mass is 10.1. The van der Waals surface area contributed by atoms with Gasteiger partial charge in [-0.1, -0.05) is 29.4 Å². The Morgan fingerprint density at radius 2 is 1.54 bits per heavy atom. The van der Waals surface area contributed by atoms with Crippen LogP contribution >= 0.6 is 0 Å². The Balaban J connectivity index is 1.73. The molecule has 2 aromatic rings. The molecule has 0 saturated carbocycles. The SMILES string of the molecule is CC(C)OCCCCOc1ccc2c(c1)/C(=N/OC(C)(C)C)c1ccccc1-2. The van der Waals surface area contributed by atoms with E-state index in [1.807, 2.05) is 32.9 Å². The van der Waals surface area contributed by atoms with Gasteiger partial charge in [0.05, 0.1) is 12.7 Å². The molecule has 0 fully saturated rings. The van der Waals surface area contributed by atoms with Gasteiger partial charge in [0.1, 0.15) is 17.1 Å². The Hall–Kier alpha value is -2.33.